The van der Waals surface area contributed by atoms with Crippen LogP contribution in [-0.2, 0) is 0 Å². The molecule has 0 aliphatic heterocycles. The van der Waals surface area contributed by atoms with Crippen LogP contribution in [0.2, 0.25) is 0 Å². The molecule has 25 heavy (non-hydrogen) atoms. The number of hydrogen-bond donors (Lipinski definition) is 1. The van der Waals surface area contributed by atoms with Crippen LogP contribution in [0.4, 0.5) is 4.39 Å². The van der Waals surface area contributed by atoms with E-state index in [4.69, 9.17) is 9.52 Å². The van der Waals surface area contributed by atoms with Crippen LogP contribution in [0.5, 0.6) is 0 Å². The standard InChI is InChI=1S/C20H12FNO3/c21-17-3-1-2-15(10-17)16(12-22)11-18-8-9-19(25-18)13-4-6-14(7-5-13)20(23)24/h1-11H,(H,23,24)/b16-11-. The van der Waals surface area contributed by atoms with Crippen LogP contribution in [-0.4, -0.2) is 11.1 Å². The molecular formula is C20H12FNO3. The zero-order valence-electron chi connectivity index (χ0n) is 12.9. The Bertz CT molecular complexity index is 994. The van der Waals surface area contributed by atoms with E-state index >= 15 is 0 Å². The lowest BCUT2D eigenvalue weighted by molar-refractivity contribution is 0.0697. The molecule has 0 bridgehead atoms. The molecule has 0 saturated carbocycles. The molecule has 3 aromatic rings. The van der Waals surface area contributed by atoms with Gasteiger partial charge in [-0.15, -0.1) is 0 Å². The van der Waals surface area contributed by atoms with Crippen molar-refractivity contribution in [3.63, 3.8) is 0 Å². The third-order valence-electron chi connectivity index (χ3n) is 3.59. The number of carboxylic acids is 1. The summed E-state index contributed by atoms with van der Waals surface area (Å²) in [6.45, 7) is 0. The average Bonchev–Trinajstić information content (AvgIpc) is 3.08. The first-order valence-electron chi connectivity index (χ1n) is 7.38. The number of benzene rings is 2. The molecule has 5 heteroatoms. The summed E-state index contributed by atoms with van der Waals surface area (Å²) >= 11 is 0. The van der Waals surface area contributed by atoms with E-state index in [2.05, 4.69) is 0 Å². The molecule has 1 aromatic heterocycles. The summed E-state index contributed by atoms with van der Waals surface area (Å²) in [6, 6.07) is 17.5. The summed E-state index contributed by atoms with van der Waals surface area (Å²) in [5, 5.41) is 18.2. The summed E-state index contributed by atoms with van der Waals surface area (Å²) in [5.41, 5.74) is 1.65. The van der Waals surface area contributed by atoms with Crippen molar-refractivity contribution >= 4 is 17.6 Å². The summed E-state index contributed by atoms with van der Waals surface area (Å²) in [5.74, 6) is -0.432. The zero-order valence-corrected chi connectivity index (χ0v) is 12.9. The first-order valence-corrected chi connectivity index (χ1v) is 7.38. The molecule has 122 valence electrons. The average molecular weight is 333 g/mol. The molecule has 0 unspecified atom stereocenters. The third kappa shape index (κ3) is 3.65. The predicted molar refractivity (Wildman–Crippen MR) is 91.0 cm³/mol. The zero-order chi connectivity index (χ0) is 17.8. The Hall–Kier alpha value is -3.65. The highest BCUT2D eigenvalue weighted by molar-refractivity contribution is 5.89. The van der Waals surface area contributed by atoms with E-state index in [9.17, 15) is 14.4 Å². The van der Waals surface area contributed by atoms with Crippen molar-refractivity contribution in [2.45, 2.75) is 0 Å². The lowest BCUT2D eigenvalue weighted by Gasteiger charge is -1.99. The number of carbonyl (C=O) groups is 1. The van der Waals surface area contributed by atoms with Gasteiger partial charge in [-0.05, 0) is 48.0 Å². The molecule has 0 radical (unpaired) electrons. The molecule has 1 N–H and O–H groups in total. The highest BCUT2D eigenvalue weighted by atomic mass is 19.1. The van der Waals surface area contributed by atoms with Crippen molar-refractivity contribution < 1.29 is 18.7 Å². The van der Waals surface area contributed by atoms with Crippen molar-refractivity contribution in [2.24, 2.45) is 0 Å². The number of hydrogen-bond acceptors (Lipinski definition) is 3. The van der Waals surface area contributed by atoms with Crippen molar-refractivity contribution in [2.75, 3.05) is 0 Å². The second kappa shape index (κ2) is 6.85. The number of nitrogens with zero attached hydrogens (tertiary/aromatic N) is 1. The molecule has 0 amide bonds. The largest absolute Gasteiger partial charge is 0.478 e. The number of rotatable bonds is 4. The molecule has 0 fully saturated rings. The number of halogens is 1. The monoisotopic (exact) mass is 333 g/mol. The number of carboxylic acid groups (broad SMARTS) is 1. The van der Waals surface area contributed by atoms with Gasteiger partial charge in [-0.1, -0.05) is 24.3 Å². The van der Waals surface area contributed by atoms with Gasteiger partial charge in [0.25, 0.3) is 0 Å². The van der Waals surface area contributed by atoms with Crippen LogP contribution in [0.25, 0.3) is 23.0 Å². The molecule has 0 aliphatic rings. The van der Waals surface area contributed by atoms with Crippen LogP contribution in [0.3, 0.4) is 0 Å². The molecule has 0 atom stereocenters. The Labute approximate surface area is 143 Å². The van der Waals surface area contributed by atoms with E-state index in [1.54, 1.807) is 30.3 Å². The van der Waals surface area contributed by atoms with Crippen LogP contribution < -0.4 is 0 Å². The van der Waals surface area contributed by atoms with E-state index in [1.807, 2.05) is 6.07 Å². The fraction of sp³-hybridized carbons (Fsp3) is 0. The maximum absolute atomic E-state index is 13.3. The molecule has 0 spiro atoms. The number of nitriles is 1. The fourth-order valence-corrected chi connectivity index (χ4v) is 2.34. The van der Waals surface area contributed by atoms with Gasteiger partial charge >= 0.3 is 5.97 Å². The van der Waals surface area contributed by atoms with E-state index in [0.717, 1.165) is 0 Å². The van der Waals surface area contributed by atoms with E-state index in [-0.39, 0.29) is 11.1 Å². The van der Waals surface area contributed by atoms with Gasteiger partial charge in [0, 0.05) is 5.56 Å². The van der Waals surface area contributed by atoms with Gasteiger partial charge in [-0.3, -0.25) is 0 Å². The molecule has 2 aromatic carbocycles. The molecule has 4 nitrogen and oxygen atoms in total. The highest BCUT2D eigenvalue weighted by Crippen LogP contribution is 2.25. The van der Waals surface area contributed by atoms with Crippen molar-refractivity contribution in [1.82, 2.24) is 0 Å². The minimum atomic E-state index is -0.997. The fourth-order valence-electron chi connectivity index (χ4n) is 2.34. The van der Waals surface area contributed by atoms with E-state index in [0.29, 0.717) is 22.6 Å². The van der Waals surface area contributed by atoms with E-state index < -0.39 is 11.8 Å². The van der Waals surface area contributed by atoms with Gasteiger partial charge in [0.1, 0.15) is 17.3 Å². The van der Waals surface area contributed by atoms with Crippen molar-refractivity contribution in [3.05, 3.63) is 83.4 Å². The lowest BCUT2D eigenvalue weighted by Crippen LogP contribution is -1.94. The Kier molecular flexibility index (Phi) is 4.44. The second-order valence-electron chi connectivity index (χ2n) is 5.26. The summed E-state index contributed by atoms with van der Waals surface area (Å²) in [7, 11) is 0. The van der Waals surface area contributed by atoms with Gasteiger partial charge in [0.15, 0.2) is 0 Å². The van der Waals surface area contributed by atoms with Crippen molar-refractivity contribution in [1.29, 1.82) is 5.26 Å². The first kappa shape index (κ1) is 16.2. The molecule has 0 saturated heterocycles. The third-order valence-corrected chi connectivity index (χ3v) is 3.59. The minimum absolute atomic E-state index is 0.188. The summed E-state index contributed by atoms with van der Waals surface area (Å²) in [6.07, 6.45) is 1.53. The SMILES string of the molecule is N#C/C(=C/c1ccc(-c2ccc(C(=O)O)cc2)o1)c1cccc(F)c1. The van der Waals surface area contributed by atoms with Gasteiger partial charge in [-0.2, -0.15) is 5.26 Å². The Morgan fingerprint density at radius 2 is 1.84 bits per heavy atom. The number of aromatic carboxylic acids is 1. The van der Waals surface area contributed by atoms with Crippen LogP contribution in [0.15, 0.2) is 65.1 Å². The highest BCUT2D eigenvalue weighted by Gasteiger charge is 2.08. The summed E-state index contributed by atoms with van der Waals surface area (Å²) in [4.78, 5) is 10.9. The van der Waals surface area contributed by atoms with Gasteiger partial charge in [0.2, 0.25) is 0 Å². The van der Waals surface area contributed by atoms with Crippen LogP contribution in [0.1, 0.15) is 21.7 Å². The topological polar surface area (TPSA) is 74.2 Å². The van der Waals surface area contributed by atoms with E-state index in [1.165, 1.54) is 36.4 Å². The molecule has 1 heterocycles. The minimum Gasteiger partial charge on any atom is -0.478 e. The lowest BCUT2D eigenvalue weighted by atomic mass is 10.1. The molecule has 3 rings (SSSR count). The second-order valence-corrected chi connectivity index (χ2v) is 5.26. The van der Waals surface area contributed by atoms with Crippen LogP contribution in [0, 0.1) is 17.1 Å². The van der Waals surface area contributed by atoms with Crippen molar-refractivity contribution in [3.8, 4) is 17.4 Å². The normalized spacial score (nSPS) is 11.1. The number of allylic oxidation sites excluding steroid dienone is 1. The maximum atomic E-state index is 13.3. The predicted octanol–water partition coefficient (Wildman–Crippen LogP) is 4.85. The quantitative estimate of drug-likeness (QED) is 0.693. The smallest absolute Gasteiger partial charge is 0.335 e. The molecule has 0 aliphatic carbocycles. The Morgan fingerprint density at radius 3 is 2.48 bits per heavy atom. The van der Waals surface area contributed by atoms with Gasteiger partial charge in [-0.25, -0.2) is 9.18 Å². The van der Waals surface area contributed by atoms with Crippen LogP contribution >= 0.6 is 0 Å². The molecular weight excluding hydrogens is 321 g/mol. The van der Waals surface area contributed by atoms with Gasteiger partial charge < -0.3 is 9.52 Å². The number of furan rings is 1. The Morgan fingerprint density at radius 1 is 1.08 bits per heavy atom. The maximum Gasteiger partial charge on any atom is 0.335 e. The summed E-state index contributed by atoms with van der Waals surface area (Å²) < 4.78 is 19.0. The Balaban J connectivity index is 1.90. The van der Waals surface area contributed by atoms with Gasteiger partial charge in [0.05, 0.1) is 17.2 Å². The first-order chi connectivity index (χ1) is 12.1.